The molecule has 3 aromatic rings. The molecule has 0 spiro atoms. The number of benzene rings is 2. The third-order valence-corrected chi connectivity index (χ3v) is 4.97. The topological polar surface area (TPSA) is 77.3 Å². The second-order valence-electron chi connectivity index (χ2n) is 6.57. The van der Waals surface area contributed by atoms with E-state index in [-0.39, 0.29) is 12.1 Å². The van der Waals surface area contributed by atoms with Gasteiger partial charge in [0.2, 0.25) is 5.91 Å². The number of hydrogen-bond acceptors (Lipinski definition) is 5. The number of ether oxygens (including phenoxy) is 1. The highest BCUT2D eigenvalue weighted by atomic mass is 16.5. The van der Waals surface area contributed by atoms with Crippen molar-refractivity contribution in [3.63, 3.8) is 0 Å². The van der Waals surface area contributed by atoms with E-state index in [4.69, 9.17) is 4.74 Å². The third kappa shape index (κ3) is 3.16. The van der Waals surface area contributed by atoms with Crippen LogP contribution in [0.2, 0.25) is 0 Å². The van der Waals surface area contributed by atoms with Crippen molar-refractivity contribution >= 4 is 22.9 Å². The molecule has 138 valence electrons. The Morgan fingerprint density at radius 1 is 1.19 bits per heavy atom. The van der Waals surface area contributed by atoms with Crippen molar-refractivity contribution in [1.29, 1.82) is 0 Å². The number of carbonyl (C=O) groups is 2. The van der Waals surface area contributed by atoms with Crippen molar-refractivity contribution in [1.82, 2.24) is 19.9 Å². The number of nitrogens with zero attached hydrogens (tertiary/aromatic N) is 4. The lowest BCUT2D eigenvalue weighted by molar-refractivity contribution is -0.153. The molecule has 2 aromatic carbocycles. The number of aromatic nitrogens is 3. The molecule has 1 aromatic heterocycles. The van der Waals surface area contributed by atoms with Gasteiger partial charge in [-0.15, -0.1) is 5.10 Å². The van der Waals surface area contributed by atoms with Crippen LogP contribution in [0.3, 0.4) is 0 Å². The number of methoxy groups -OCH3 is 1. The van der Waals surface area contributed by atoms with E-state index in [9.17, 15) is 9.59 Å². The summed E-state index contributed by atoms with van der Waals surface area (Å²) in [6.07, 6.45) is 0.968. The Morgan fingerprint density at radius 3 is 2.70 bits per heavy atom. The fourth-order valence-electron chi connectivity index (χ4n) is 3.68. The average Bonchev–Trinajstić information content (AvgIpc) is 3.29. The molecule has 2 heterocycles. The Labute approximate surface area is 156 Å². The Morgan fingerprint density at radius 2 is 1.93 bits per heavy atom. The summed E-state index contributed by atoms with van der Waals surface area (Å²) in [5.74, 6) is -0.505. The van der Waals surface area contributed by atoms with Crippen LogP contribution in [0, 0.1) is 0 Å². The zero-order valence-electron chi connectivity index (χ0n) is 15.0. The predicted octanol–water partition coefficient (Wildman–Crippen LogP) is 2.34. The molecule has 1 fully saturated rings. The molecule has 0 radical (unpaired) electrons. The van der Waals surface area contributed by atoms with E-state index in [0.29, 0.717) is 19.3 Å². The number of hydrogen-bond donors (Lipinski definition) is 0. The summed E-state index contributed by atoms with van der Waals surface area (Å²) in [6.45, 7) is 0. The van der Waals surface area contributed by atoms with Crippen molar-refractivity contribution in [2.75, 3.05) is 7.11 Å². The van der Waals surface area contributed by atoms with E-state index in [1.165, 1.54) is 7.11 Å². The smallest absolute Gasteiger partial charge is 0.329 e. The monoisotopic (exact) mass is 364 g/mol. The van der Waals surface area contributed by atoms with Gasteiger partial charge in [0.25, 0.3) is 0 Å². The minimum absolute atomic E-state index is 0.0779. The van der Waals surface area contributed by atoms with Gasteiger partial charge in [-0.05, 0) is 24.1 Å². The van der Waals surface area contributed by atoms with Crippen LogP contribution < -0.4 is 0 Å². The van der Waals surface area contributed by atoms with Crippen LogP contribution in [0.25, 0.3) is 11.0 Å². The number of fused-ring (bicyclic) bond motifs is 1. The van der Waals surface area contributed by atoms with Crippen molar-refractivity contribution in [2.24, 2.45) is 0 Å². The lowest BCUT2D eigenvalue weighted by Crippen LogP contribution is -2.46. The maximum absolute atomic E-state index is 12.7. The van der Waals surface area contributed by atoms with Crippen LogP contribution in [-0.2, 0) is 20.7 Å². The summed E-state index contributed by atoms with van der Waals surface area (Å²) in [5, 5.41) is 8.45. The Hall–Kier alpha value is -3.22. The van der Waals surface area contributed by atoms with E-state index >= 15 is 0 Å². The van der Waals surface area contributed by atoms with Gasteiger partial charge in [-0.3, -0.25) is 4.79 Å². The van der Waals surface area contributed by atoms with E-state index in [2.05, 4.69) is 10.3 Å². The summed E-state index contributed by atoms with van der Waals surface area (Å²) >= 11 is 0. The lowest BCUT2D eigenvalue weighted by Gasteiger charge is -2.31. The van der Waals surface area contributed by atoms with Gasteiger partial charge < -0.3 is 9.64 Å². The number of rotatable bonds is 5. The van der Waals surface area contributed by atoms with Gasteiger partial charge in [0.15, 0.2) is 0 Å². The molecule has 7 heteroatoms. The molecule has 27 heavy (non-hydrogen) atoms. The van der Waals surface area contributed by atoms with Crippen LogP contribution in [-0.4, -0.2) is 44.9 Å². The molecular weight excluding hydrogens is 344 g/mol. The summed E-state index contributed by atoms with van der Waals surface area (Å²) in [4.78, 5) is 26.9. The number of likely N-dealkylation sites (tertiary alicyclic amines) is 1. The van der Waals surface area contributed by atoms with Crippen LogP contribution >= 0.6 is 0 Å². The molecule has 1 saturated heterocycles. The highest BCUT2D eigenvalue weighted by molar-refractivity contribution is 5.86. The molecule has 0 aliphatic carbocycles. The maximum atomic E-state index is 12.7. The fraction of sp³-hybridized carbons (Fsp3) is 0.300. The van der Waals surface area contributed by atoms with Crippen molar-refractivity contribution in [2.45, 2.75) is 31.5 Å². The Kier molecular flexibility index (Phi) is 4.58. The van der Waals surface area contributed by atoms with Gasteiger partial charge in [0.1, 0.15) is 17.7 Å². The summed E-state index contributed by atoms with van der Waals surface area (Å²) in [5.41, 5.74) is 2.56. The lowest BCUT2D eigenvalue weighted by atomic mass is 10.0. The highest BCUT2D eigenvalue weighted by Crippen LogP contribution is 2.33. The number of esters is 1. The zero-order chi connectivity index (χ0) is 18.8. The molecule has 1 amide bonds. The first-order valence-electron chi connectivity index (χ1n) is 8.92. The largest absolute Gasteiger partial charge is 0.467 e. The van der Waals surface area contributed by atoms with E-state index in [0.717, 1.165) is 16.6 Å². The third-order valence-electron chi connectivity index (χ3n) is 4.97. The minimum atomic E-state index is -0.708. The van der Waals surface area contributed by atoms with Crippen molar-refractivity contribution in [3.05, 3.63) is 60.2 Å². The molecule has 7 nitrogen and oxygen atoms in total. The highest BCUT2D eigenvalue weighted by Gasteiger charge is 2.42. The first-order chi connectivity index (χ1) is 13.2. The van der Waals surface area contributed by atoms with Crippen LogP contribution in [0.4, 0.5) is 0 Å². The second-order valence-corrected chi connectivity index (χ2v) is 6.57. The second kappa shape index (κ2) is 7.19. The van der Waals surface area contributed by atoms with Gasteiger partial charge in [0, 0.05) is 12.8 Å². The van der Waals surface area contributed by atoms with Crippen molar-refractivity contribution < 1.29 is 14.3 Å². The van der Waals surface area contributed by atoms with Gasteiger partial charge >= 0.3 is 5.97 Å². The minimum Gasteiger partial charge on any atom is -0.467 e. The van der Waals surface area contributed by atoms with E-state index in [1.807, 2.05) is 54.6 Å². The quantitative estimate of drug-likeness (QED) is 0.650. The van der Waals surface area contributed by atoms with Crippen LogP contribution in [0.1, 0.15) is 24.6 Å². The zero-order valence-corrected chi connectivity index (χ0v) is 15.0. The SMILES string of the molecule is COC(=O)C(Cc1ccccc1)N1C(=O)CCC1n1nnc2ccccc21. The average molecular weight is 364 g/mol. The van der Waals surface area contributed by atoms with Gasteiger partial charge in [-0.2, -0.15) is 0 Å². The molecular formula is C20H20N4O3. The summed E-state index contributed by atoms with van der Waals surface area (Å²) in [7, 11) is 1.35. The molecule has 1 aliphatic rings. The maximum Gasteiger partial charge on any atom is 0.329 e. The van der Waals surface area contributed by atoms with Crippen molar-refractivity contribution in [3.8, 4) is 0 Å². The molecule has 4 rings (SSSR count). The summed E-state index contributed by atoms with van der Waals surface area (Å²) in [6, 6.07) is 16.5. The van der Waals surface area contributed by atoms with E-state index < -0.39 is 12.0 Å². The Bertz CT molecular complexity index is 970. The number of para-hydroxylation sites is 1. The summed E-state index contributed by atoms with van der Waals surface area (Å²) < 4.78 is 6.76. The predicted molar refractivity (Wildman–Crippen MR) is 98.6 cm³/mol. The first kappa shape index (κ1) is 17.2. The van der Waals surface area contributed by atoms with Gasteiger partial charge in [-0.25, -0.2) is 9.48 Å². The first-order valence-corrected chi connectivity index (χ1v) is 8.92. The standard InChI is InChI=1S/C20H20N4O3/c1-27-20(26)17(13-14-7-3-2-4-8-14)23-18(11-12-19(23)25)24-16-10-6-5-9-15(16)21-22-24/h2-10,17-18H,11-13H2,1H3. The van der Waals surface area contributed by atoms with Crippen LogP contribution in [0.15, 0.2) is 54.6 Å². The number of amides is 1. The Balaban J connectivity index is 1.72. The molecule has 1 aliphatic heterocycles. The van der Waals surface area contributed by atoms with E-state index in [1.54, 1.807) is 9.58 Å². The van der Waals surface area contributed by atoms with Gasteiger partial charge in [-0.1, -0.05) is 47.7 Å². The molecule has 0 bridgehead atoms. The molecule has 0 saturated carbocycles. The molecule has 2 unspecified atom stereocenters. The molecule has 2 atom stereocenters. The van der Waals surface area contributed by atoms with Crippen LogP contribution in [0.5, 0.6) is 0 Å². The normalized spacial score (nSPS) is 18.0. The molecule has 0 N–H and O–H groups in total. The fourth-order valence-corrected chi connectivity index (χ4v) is 3.68. The van der Waals surface area contributed by atoms with Gasteiger partial charge in [0.05, 0.1) is 12.6 Å². The number of carbonyl (C=O) groups excluding carboxylic acids is 2.